The van der Waals surface area contributed by atoms with Crippen LogP contribution in [0.1, 0.15) is 58.8 Å². The van der Waals surface area contributed by atoms with Crippen molar-refractivity contribution in [2.45, 2.75) is 70.5 Å². The maximum absolute atomic E-state index is 12.5. The molecule has 5 aliphatic rings. The van der Waals surface area contributed by atoms with E-state index in [1.807, 2.05) is 6.08 Å². The average molecular weight is 344 g/mol. The van der Waals surface area contributed by atoms with Crippen LogP contribution in [0.15, 0.2) is 11.6 Å². The fraction of sp³-hybridized carbons (Fsp3) is 0.810. The highest BCUT2D eigenvalue weighted by Crippen LogP contribution is 2.73. The van der Waals surface area contributed by atoms with Crippen LogP contribution in [-0.2, 0) is 14.3 Å². The largest absolute Gasteiger partial charge is 0.388 e. The van der Waals surface area contributed by atoms with Crippen molar-refractivity contribution in [1.29, 1.82) is 0 Å². The van der Waals surface area contributed by atoms with Crippen molar-refractivity contribution in [3.8, 4) is 0 Å². The van der Waals surface area contributed by atoms with E-state index in [2.05, 4.69) is 13.8 Å². The standard InChI is InChI=1S/C21H28O4/c1-19-7-5-13(23)9-12(19)3-4-14-15(19)6-8-20(2)16(14)10-18-21(20,25-18)17(24)11-22/h9,14-16,18,22H,3-8,10-11H2,1-2H3. The minimum atomic E-state index is -0.697. The average Bonchev–Trinajstić information content (AvgIpc) is 3.27. The third-order valence-electron chi connectivity index (χ3n) is 8.95. The number of epoxide rings is 1. The van der Waals surface area contributed by atoms with Gasteiger partial charge in [0.15, 0.2) is 17.2 Å². The second kappa shape index (κ2) is 4.83. The summed E-state index contributed by atoms with van der Waals surface area (Å²) < 4.78 is 5.93. The molecule has 1 saturated heterocycles. The van der Waals surface area contributed by atoms with E-state index >= 15 is 0 Å². The molecule has 4 heteroatoms. The maximum Gasteiger partial charge on any atom is 0.193 e. The molecule has 1 N–H and O–H groups in total. The zero-order valence-corrected chi connectivity index (χ0v) is 15.2. The predicted molar refractivity (Wildman–Crippen MR) is 91.8 cm³/mol. The molecule has 0 bridgehead atoms. The summed E-state index contributed by atoms with van der Waals surface area (Å²) in [5, 5.41) is 9.48. The SMILES string of the molecule is CC12CCC(=O)C=C1CCC1C2CCC2(C)C1CC1OC12C(=O)CO. The number of ketones is 2. The van der Waals surface area contributed by atoms with Crippen molar-refractivity contribution >= 4 is 11.6 Å². The van der Waals surface area contributed by atoms with Crippen molar-refractivity contribution in [3.63, 3.8) is 0 Å². The number of allylic oxidation sites excluding steroid dienone is 1. The van der Waals surface area contributed by atoms with Gasteiger partial charge in [-0.3, -0.25) is 9.59 Å². The van der Waals surface area contributed by atoms with Gasteiger partial charge < -0.3 is 9.84 Å². The van der Waals surface area contributed by atoms with Crippen LogP contribution in [0.3, 0.4) is 0 Å². The molecule has 0 aromatic carbocycles. The molecule has 4 aliphatic carbocycles. The number of carbonyl (C=O) groups is 2. The molecule has 3 saturated carbocycles. The highest BCUT2D eigenvalue weighted by Gasteiger charge is 2.79. The number of ether oxygens (including phenoxy) is 1. The van der Waals surface area contributed by atoms with E-state index in [4.69, 9.17) is 4.74 Å². The zero-order chi connectivity index (χ0) is 17.6. The van der Waals surface area contributed by atoms with Crippen LogP contribution in [0.5, 0.6) is 0 Å². The van der Waals surface area contributed by atoms with E-state index in [9.17, 15) is 14.7 Å². The number of aliphatic hydroxyl groups is 1. The lowest BCUT2D eigenvalue weighted by atomic mass is 9.46. The van der Waals surface area contributed by atoms with Crippen molar-refractivity contribution in [1.82, 2.24) is 0 Å². The first-order valence-corrected chi connectivity index (χ1v) is 9.93. The van der Waals surface area contributed by atoms with Gasteiger partial charge in [0.05, 0.1) is 6.10 Å². The van der Waals surface area contributed by atoms with Gasteiger partial charge in [0.1, 0.15) is 6.61 Å². The Hall–Kier alpha value is -1.00. The number of aliphatic hydroxyl groups excluding tert-OH is 1. The van der Waals surface area contributed by atoms with Gasteiger partial charge in [0, 0.05) is 11.8 Å². The number of hydrogen-bond acceptors (Lipinski definition) is 4. The molecule has 136 valence electrons. The van der Waals surface area contributed by atoms with Crippen LogP contribution in [0.25, 0.3) is 0 Å². The molecule has 0 aromatic heterocycles. The number of rotatable bonds is 2. The van der Waals surface area contributed by atoms with E-state index in [-0.39, 0.29) is 22.7 Å². The van der Waals surface area contributed by atoms with Crippen molar-refractivity contribution in [2.75, 3.05) is 6.61 Å². The highest BCUT2D eigenvalue weighted by atomic mass is 16.6. The van der Waals surface area contributed by atoms with Gasteiger partial charge in [0.25, 0.3) is 0 Å². The number of hydrogen-bond donors (Lipinski definition) is 1. The topological polar surface area (TPSA) is 66.9 Å². The summed E-state index contributed by atoms with van der Waals surface area (Å²) >= 11 is 0. The summed E-state index contributed by atoms with van der Waals surface area (Å²) in [5.41, 5.74) is 0.728. The maximum atomic E-state index is 12.5. The van der Waals surface area contributed by atoms with Gasteiger partial charge >= 0.3 is 0 Å². The van der Waals surface area contributed by atoms with Gasteiger partial charge in [0.2, 0.25) is 0 Å². The van der Waals surface area contributed by atoms with Crippen molar-refractivity contribution < 1.29 is 19.4 Å². The number of Topliss-reactive ketones (excluding diaryl/α,β-unsaturated/α-hetero) is 1. The third-order valence-corrected chi connectivity index (χ3v) is 8.95. The molecule has 1 aliphatic heterocycles. The molecule has 4 nitrogen and oxygen atoms in total. The van der Waals surface area contributed by atoms with E-state index < -0.39 is 12.2 Å². The van der Waals surface area contributed by atoms with Gasteiger partial charge in [-0.05, 0) is 67.8 Å². The Labute approximate surface area is 149 Å². The van der Waals surface area contributed by atoms with Crippen LogP contribution < -0.4 is 0 Å². The van der Waals surface area contributed by atoms with Gasteiger partial charge in [-0.1, -0.05) is 19.4 Å². The zero-order valence-electron chi connectivity index (χ0n) is 15.2. The monoisotopic (exact) mass is 344 g/mol. The Morgan fingerprint density at radius 3 is 2.80 bits per heavy atom. The predicted octanol–water partition coefficient (Wildman–Crippen LogP) is 2.83. The molecule has 25 heavy (non-hydrogen) atoms. The molecule has 0 spiro atoms. The second-order valence-corrected chi connectivity index (χ2v) is 9.58. The molecule has 5 rings (SSSR count). The quantitative estimate of drug-likeness (QED) is 0.782. The summed E-state index contributed by atoms with van der Waals surface area (Å²) in [6.07, 6.45) is 8.88. The molecule has 7 atom stereocenters. The van der Waals surface area contributed by atoms with Crippen LogP contribution in [-0.4, -0.2) is 35.0 Å². The van der Waals surface area contributed by atoms with E-state index in [0.717, 1.165) is 38.5 Å². The molecule has 1 heterocycles. The lowest BCUT2D eigenvalue weighted by Crippen LogP contribution is -2.55. The lowest BCUT2D eigenvalue weighted by molar-refractivity contribution is -0.141. The molecule has 0 radical (unpaired) electrons. The Morgan fingerprint density at radius 1 is 1.24 bits per heavy atom. The molecule has 0 amide bonds. The smallest absolute Gasteiger partial charge is 0.193 e. The van der Waals surface area contributed by atoms with Crippen molar-refractivity contribution in [3.05, 3.63) is 11.6 Å². The molecular weight excluding hydrogens is 316 g/mol. The number of carbonyl (C=O) groups excluding carboxylic acids is 2. The van der Waals surface area contributed by atoms with Gasteiger partial charge in [-0.15, -0.1) is 0 Å². The van der Waals surface area contributed by atoms with Crippen LogP contribution >= 0.6 is 0 Å². The summed E-state index contributed by atoms with van der Waals surface area (Å²) in [4.78, 5) is 24.4. The first kappa shape index (κ1) is 16.2. The van der Waals surface area contributed by atoms with E-state index in [1.54, 1.807) is 0 Å². The van der Waals surface area contributed by atoms with E-state index in [1.165, 1.54) is 5.57 Å². The first-order chi connectivity index (χ1) is 11.9. The summed E-state index contributed by atoms with van der Waals surface area (Å²) in [6, 6.07) is 0. The Morgan fingerprint density at radius 2 is 2.04 bits per heavy atom. The van der Waals surface area contributed by atoms with Crippen molar-refractivity contribution in [2.24, 2.45) is 28.6 Å². The Bertz CT molecular complexity index is 696. The summed E-state index contributed by atoms with van der Waals surface area (Å²) in [6.45, 7) is 4.22. The van der Waals surface area contributed by atoms with Gasteiger partial charge in [-0.2, -0.15) is 0 Å². The minimum absolute atomic E-state index is 0.0265. The Balaban J connectivity index is 1.50. The normalized spacial score (nSPS) is 53.2. The van der Waals surface area contributed by atoms with E-state index in [0.29, 0.717) is 30.0 Å². The fourth-order valence-corrected chi connectivity index (χ4v) is 7.59. The van der Waals surface area contributed by atoms with Crippen LogP contribution in [0.2, 0.25) is 0 Å². The summed E-state index contributed by atoms with van der Waals surface area (Å²) in [7, 11) is 0. The lowest BCUT2D eigenvalue weighted by Gasteiger charge is -2.58. The molecular formula is C21H28O4. The minimum Gasteiger partial charge on any atom is -0.388 e. The molecule has 7 unspecified atom stereocenters. The molecule has 0 aromatic rings. The fourth-order valence-electron chi connectivity index (χ4n) is 7.59. The first-order valence-electron chi connectivity index (χ1n) is 9.93. The second-order valence-electron chi connectivity index (χ2n) is 9.58. The summed E-state index contributed by atoms with van der Waals surface area (Å²) in [5.74, 6) is 1.95. The molecule has 4 fully saturated rings. The number of fused-ring (bicyclic) bond motifs is 7. The highest BCUT2D eigenvalue weighted by molar-refractivity contribution is 5.93. The Kier molecular flexibility index (Phi) is 3.13. The van der Waals surface area contributed by atoms with Crippen LogP contribution in [0, 0.1) is 28.6 Å². The third kappa shape index (κ3) is 1.76. The van der Waals surface area contributed by atoms with Gasteiger partial charge in [-0.25, -0.2) is 0 Å². The van der Waals surface area contributed by atoms with Crippen LogP contribution in [0.4, 0.5) is 0 Å².